The van der Waals surface area contributed by atoms with Crippen LogP contribution in [-0.4, -0.2) is 93.3 Å². The standard InChI is InChI=1S/C31H45N7O8S/c1-2-45-19-26-33-36-38(34-26)21-16-25-27(39)32-31(30(42)35-47(43,44)23-14-15-23)17-20(31)10-6-4-3-5-7-13-24(28(40)37(25)18-21)29(41)46-22-11-8-9-12-22/h6,10,20-25H,2-5,7-9,11-19H2,1H3,(H,32,39)(H,35,42)/b10-6-/t20-,21+,24-,25-,31+/m0/s1. The molecule has 2 aliphatic heterocycles. The number of esters is 1. The van der Waals surface area contributed by atoms with Gasteiger partial charge in [-0.1, -0.05) is 25.0 Å². The van der Waals surface area contributed by atoms with Gasteiger partial charge in [-0.25, -0.2) is 8.42 Å². The number of carbonyl (C=O) groups is 4. The molecule has 258 valence electrons. The molecule has 0 radical (unpaired) electrons. The van der Waals surface area contributed by atoms with Gasteiger partial charge in [0.15, 0.2) is 5.82 Å². The molecule has 6 rings (SSSR count). The molecule has 4 fully saturated rings. The minimum atomic E-state index is -3.86. The second kappa shape index (κ2) is 14.0. The van der Waals surface area contributed by atoms with Crippen LogP contribution in [0.1, 0.15) is 102 Å². The summed E-state index contributed by atoms with van der Waals surface area (Å²) in [5.41, 5.74) is -1.47. The molecule has 1 aromatic heterocycles. The summed E-state index contributed by atoms with van der Waals surface area (Å²) >= 11 is 0. The van der Waals surface area contributed by atoms with Crippen molar-refractivity contribution in [1.29, 1.82) is 0 Å². The Morgan fingerprint density at radius 2 is 1.85 bits per heavy atom. The molecule has 1 saturated heterocycles. The molecule has 16 heteroatoms. The van der Waals surface area contributed by atoms with Gasteiger partial charge in [-0.2, -0.15) is 4.80 Å². The van der Waals surface area contributed by atoms with Crippen LogP contribution in [0.4, 0.5) is 0 Å². The van der Waals surface area contributed by atoms with Crippen LogP contribution in [-0.2, 0) is 45.3 Å². The first-order valence-electron chi connectivity index (χ1n) is 17.0. The fourth-order valence-corrected chi connectivity index (χ4v) is 8.31. The van der Waals surface area contributed by atoms with Crippen LogP contribution in [0.15, 0.2) is 12.2 Å². The lowest BCUT2D eigenvalue weighted by Crippen LogP contribution is -2.57. The number of aromatic nitrogens is 4. The molecule has 0 spiro atoms. The third-order valence-electron chi connectivity index (χ3n) is 9.96. The molecule has 1 aromatic rings. The smallest absolute Gasteiger partial charge is 0.318 e. The van der Waals surface area contributed by atoms with Gasteiger partial charge in [0.1, 0.15) is 30.2 Å². The Kier molecular flexibility index (Phi) is 9.97. The van der Waals surface area contributed by atoms with Crippen LogP contribution in [0.25, 0.3) is 0 Å². The third kappa shape index (κ3) is 7.53. The summed E-state index contributed by atoms with van der Waals surface area (Å²) in [5, 5.41) is 14.8. The van der Waals surface area contributed by atoms with Crippen molar-refractivity contribution in [2.75, 3.05) is 13.2 Å². The van der Waals surface area contributed by atoms with Gasteiger partial charge in [-0.15, -0.1) is 10.2 Å². The van der Waals surface area contributed by atoms with Crippen LogP contribution >= 0.6 is 0 Å². The van der Waals surface area contributed by atoms with Crippen LogP contribution in [0.3, 0.4) is 0 Å². The van der Waals surface area contributed by atoms with Crippen molar-refractivity contribution in [1.82, 2.24) is 35.1 Å². The van der Waals surface area contributed by atoms with E-state index in [2.05, 4.69) is 25.4 Å². The van der Waals surface area contributed by atoms with Crippen molar-refractivity contribution in [3.05, 3.63) is 18.0 Å². The number of fused-ring (bicyclic) bond motifs is 2. The molecular weight excluding hydrogens is 630 g/mol. The van der Waals surface area contributed by atoms with Crippen molar-refractivity contribution in [3.8, 4) is 0 Å². The second-order valence-electron chi connectivity index (χ2n) is 13.5. The fourth-order valence-electron chi connectivity index (χ4n) is 6.94. The van der Waals surface area contributed by atoms with E-state index in [4.69, 9.17) is 9.47 Å². The number of tetrazole rings is 1. The minimum Gasteiger partial charge on any atom is -0.462 e. The number of nitrogens with zero attached hydrogens (tertiary/aromatic N) is 5. The van der Waals surface area contributed by atoms with Crippen molar-refractivity contribution in [2.45, 2.75) is 126 Å². The van der Waals surface area contributed by atoms with Gasteiger partial charge in [-0.05, 0) is 76.3 Å². The molecule has 3 amide bonds. The molecule has 3 saturated carbocycles. The molecule has 5 atom stereocenters. The number of hydrogen-bond acceptors (Lipinski definition) is 11. The quantitative estimate of drug-likeness (QED) is 0.219. The number of sulfonamides is 1. The summed E-state index contributed by atoms with van der Waals surface area (Å²) in [5.74, 6) is -3.61. The van der Waals surface area contributed by atoms with E-state index in [1.807, 2.05) is 19.1 Å². The Morgan fingerprint density at radius 3 is 2.60 bits per heavy atom. The van der Waals surface area contributed by atoms with E-state index in [9.17, 15) is 27.6 Å². The molecule has 0 unspecified atom stereocenters. The van der Waals surface area contributed by atoms with Crippen molar-refractivity contribution in [2.24, 2.45) is 11.8 Å². The van der Waals surface area contributed by atoms with Crippen molar-refractivity contribution in [3.63, 3.8) is 0 Å². The minimum absolute atomic E-state index is 0.0349. The monoisotopic (exact) mass is 675 g/mol. The molecule has 15 nitrogen and oxygen atoms in total. The largest absolute Gasteiger partial charge is 0.462 e. The van der Waals surface area contributed by atoms with E-state index in [0.29, 0.717) is 38.1 Å². The molecular formula is C31H45N7O8S. The first kappa shape index (κ1) is 33.5. The average Bonchev–Trinajstić information content (AvgIpc) is 3.80. The van der Waals surface area contributed by atoms with Gasteiger partial charge in [0, 0.05) is 25.5 Å². The zero-order valence-corrected chi connectivity index (χ0v) is 27.7. The summed E-state index contributed by atoms with van der Waals surface area (Å²) in [6.45, 7) is 2.50. The Bertz CT molecular complexity index is 1490. The Morgan fingerprint density at radius 1 is 1.09 bits per heavy atom. The molecule has 0 aromatic carbocycles. The van der Waals surface area contributed by atoms with E-state index in [1.165, 1.54) is 9.70 Å². The maximum Gasteiger partial charge on any atom is 0.318 e. The highest BCUT2D eigenvalue weighted by molar-refractivity contribution is 7.91. The van der Waals surface area contributed by atoms with E-state index >= 15 is 0 Å². The normalized spacial score (nSPS) is 31.2. The van der Waals surface area contributed by atoms with E-state index in [1.54, 1.807) is 0 Å². The third-order valence-corrected chi connectivity index (χ3v) is 11.8. The van der Waals surface area contributed by atoms with Crippen LogP contribution < -0.4 is 10.0 Å². The first-order chi connectivity index (χ1) is 22.6. The maximum atomic E-state index is 14.3. The van der Waals surface area contributed by atoms with Gasteiger partial charge in [-0.3, -0.25) is 23.9 Å². The van der Waals surface area contributed by atoms with E-state index in [-0.39, 0.29) is 38.5 Å². The topological polar surface area (TPSA) is 192 Å². The summed E-state index contributed by atoms with van der Waals surface area (Å²) in [4.78, 5) is 58.3. The number of amides is 3. The SMILES string of the molecule is CCOCc1nnn([C@@H]2C[C@H]3C(=O)N[C@]4(C(=O)NS(=O)(=O)C5CC5)C[C@@H]4/C=C\CCCCC[C@H](C(=O)OC4CCCC4)C(=O)N3C2)n1. The molecule has 5 aliphatic rings. The van der Waals surface area contributed by atoms with Gasteiger partial charge in [0.2, 0.25) is 21.8 Å². The summed E-state index contributed by atoms with van der Waals surface area (Å²) in [6.07, 6.45) is 11.6. The Balaban J connectivity index is 1.29. The Labute approximate surface area is 274 Å². The predicted molar refractivity (Wildman–Crippen MR) is 165 cm³/mol. The van der Waals surface area contributed by atoms with Crippen molar-refractivity contribution < 1.29 is 37.1 Å². The van der Waals surface area contributed by atoms with Crippen LogP contribution in [0.2, 0.25) is 0 Å². The summed E-state index contributed by atoms with van der Waals surface area (Å²) in [6, 6.07) is -1.62. The van der Waals surface area contributed by atoms with Gasteiger partial charge < -0.3 is 19.7 Å². The van der Waals surface area contributed by atoms with E-state index < -0.39 is 68.4 Å². The van der Waals surface area contributed by atoms with E-state index in [0.717, 1.165) is 38.5 Å². The highest BCUT2D eigenvalue weighted by Crippen LogP contribution is 2.46. The number of allylic oxidation sites excluding steroid dienone is 1. The highest BCUT2D eigenvalue weighted by atomic mass is 32.2. The number of ether oxygens (including phenoxy) is 2. The number of hydrogen-bond donors (Lipinski definition) is 2. The maximum absolute atomic E-state index is 14.3. The fraction of sp³-hybridized carbons (Fsp3) is 0.774. The lowest BCUT2D eigenvalue weighted by molar-refractivity contribution is -0.161. The number of rotatable bonds is 9. The van der Waals surface area contributed by atoms with Gasteiger partial charge in [0.25, 0.3) is 5.91 Å². The predicted octanol–water partition coefficient (Wildman–Crippen LogP) is 1.46. The lowest BCUT2D eigenvalue weighted by atomic mass is 9.98. The molecule has 0 bridgehead atoms. The second-order valence-corrected chi connectivity index (χ2v) is 15.4. The summed E-state index contributed by atoms with van der Waals surface area (Å²) < 4.78 is 38.8. The number of nitrogens with one attached hydrogen (secondary N) is 2. The molecule has 2 N–H and O–H groups in total. The van der Waals surface area contributed by atoms with Crippen molar-refractivity contribution >= 4 is 33.7 Å². The lowest BCUT2D eigenvalue weighted by Gasteiger charge is -2.29. The molecule has 3 aliphatic carbocycles. The molecule has 47 heavy (non-hydrogen) atoms. The van der Waals surface area contributed by atoms with Gasteiger partial charge in [0.05, 0.1) is 11.3 Å². The Hall–Kier alpha value is -3.40. The number of carbonyl (C=O) groups excluding carboxylic acids is 4. The first-order valence-corrected chi connectivity index (χ1v) is 18.6. The van der Waals surface area contributed by atoms with Crippen LogP contribution in [0, 0.1) is 11.8 Å². The summed E-state index contributed by atoms with van der Waals surface area (Å²) in [7, 11) is -3.86. The zero-order chi connectivity index (χ0) is 33.2. The zero-order valence-electron chi connectivity index (χ0n) is 26.8. The molecule has 3 heterocycles. The highest BCUT2D eigenvalue weighted by Gasteiger charge is 2.62. The average molecular weight is 676 g/mol. The van der Waals surface area contributed by atoms with Gasteiger partial charge >= 0.3 is 5.97 Å². The van der Waals surface area contributed by atoms with Crippen LogP contribution in [0.5, 0.6) is 0 Å².